The Bertz CT molecular complexity index is 762. The molecular formula is C22H28N2O4. The van der Waals surface area contributed by atoms with E-state index in [1.54, 1.807) is 12.0 Å². The van der Waals surface area contributed by atoms with E-state index in [0.717, 1.165) is 16.9 Å². The van der Waals surface area contributed by atoms with E-state index in [2.05, 4.69) is 5.32 Å². The molecule has 0 aromatic heterocycles. The van der Waals surface area contributed by atoms with Gasteiger partial charge >= 0.3 is 0 Å². The van der Waals surface area contributed by atoms with Crippen LogP contribution in [0.5, 0.6) is 5.75 Å². The number of amides is 2. The van der Waals surface area contributed by atoms with Gasteiger partial charge in [0.2, 0.25) is 11.8 Å². The van der Waals surface area contributed by atoms with E-state index in [1.807, 2.05) is 61.5 Å². The summed E-state index contributed by atoms with van der Waals surface area (Å²) in [5, 5.41) is 2.91. The van der Waals surface area contributed by atoms with Crippen molar-refractivity contribution in [3.8, 4) is 5.75 Å². The predicted molar refractivity (Wildman–Crippen MR) is 108 cm³/mol. The molecule has 0 aliphatic rings. The summed E-state index contributed by atoms with van der Waals surface area (Å²) in [5.41, 5.74) is 1.90. The number of carbonyl (C=O) groups is 2. The monoisotopic (exact) mass is 384 g/mol. The Morgan fingerprint density at radius 1 is 1.04 bits per heavy atom. The summed E-state index contributed by atoms with van der Waals surface area (Å²) >= 11 is 0. The number of methoxy groups -OCH3 is 2. The molecule has 6 nitrogen and oxygen atoms in total. The van der Waals surface area contributed by atoms with Gasteiger partial charge in [0.1, 0.15) is 11.8 Å². The zero-order valence-electron chi connectivity index (χ0n) is 16.8. The van der Waals surface area contributed by atoms with Gasteiger partial charge in [0.05, 0.1) is 19.8 Å². The van der Waals surface area contributed by atoms with E-state index in [-0.39, 0.29) is 24.5 Å². The molecule has 6 heteroatoms. The second kappa shape index (κ2) is 10.5. The second-order valence-corrected chi connectivity index (χ2v) is 6.55. The van der Waals surface area contributed by atoms with Crippen LogP contribution in [-0.2, 0) is 20.9 Å². The summed E-state index contributed by atoms with van der Waals surface area (Å²) < 4.78 is 10.4. The Labute approximate surface area is 166 Å². The Morgan fingerprint density at radius 2 is 1.68 bits per heavy atom. The van der Waals surface area contributed by atoms with Gasteiger partial charge in [-0.05, 0) is 30.2 Å². The smallest absolute Gasteiger partial charge is 0.245 e. The van der Waals surface area contributed by atoms with Gasteiger partial charge in [-0.3, -0.25) is 9.59 Å². The standard InChI is InChI=1S/C22H28N2O4/c1-16(19-10-12-20(28-4)13-11-19)24(17(2)25)21(15-27-3)22(26)23-14-18-8-6-5-7-9-18/h5-13,16,21H,14-15H2,1-4H3,(H,23,26)/t16-,21?/m0/s1. The highest BCUT2D eigenvalue weighted by atomic mass is 16.5. The van der Waals surface area contributed by atoms with Crippen molar-refractivity contribution in [2.24, 2.45) is 0 Å². The van der Waals surface area contributed by atoms with Gasteiger partial charge in [-0.15, -0.1) is 0 Å². The lowest BCUT2D eigenvalue weighted by molar-refractivity contribution is -0.143. The molecule has 0 saturated heterocycles. The molecule has 1 unspecified atom stereocenters. The Balaban J connectivity index is 2.19. The van der Waals surface area contributed by atoms with Crippen molar-refractivity contribution < 1.29 is 19.1 Å². The van der Waals surface area contributed by atoms with Crippen molar-refractivity contribution in [1.82, 2.24) is 10.2 Å². The molecule has 0 bridgehead atoms. The lowest BCUT2D eigenvalue weighted by atomic mass is 10.0. The van der Waals surface area contributed by atoms with Crippen molar-refractivity contribution >= 4 is 11.8 Å². The SMILES string of the molecule is COCC(C(=O)NCc1ccccc1)N(C(C)=O)[C@@H](C)c1ccc(OC)cc1. The quantitative estimate of drug-likeness (QED) is 0.722. The topological polar surface area (TPSA) is 67.9 Å². The zero-order chi connectivity index (χ0) is 20.5. The average molecular weight is 384 g/mol. The van der Waals surface area contributed by atoms with Gasteiger partial charge in [0, 0.05) is 20.6 Å². The van der Waals surface area contributed by atoms with E-state index in [4.69, 9.17) is 9.47 Å². The molecule has 0 radical (unpaired) electrons. The third-order valence-electron chi connectivity index (χ3n) is 4.65. The van der Waals surface area contributed by atoms with Crippen molar-refractivity contribution in [3.05, 3.63) is 65.7 Å². The molecular weight excluding hydrogens is 356 g/mol. The maximum absolute atomic E-state index is 12.9. The van der Waals surface area contributed by atoms with Crippen LogP contribution in [0.25, 0.3) is 0 Å². The van der Waals surface area contributed by atoms with Gasteiger partial charge in [0.15, 0.2) is 0 Å². The summed E-state index contributed by atoms with van der Waals surface area (Å²) in [5.74, 6) is 0.292. The number of hydrogen-bond donors (Lipinski definition) is 1. The van der Waals surface area contributed by atoms with Crippen LogP contribution in [0.15, 0.2) is 54.6 Å². The van der Waals surface area contributed by atoms with E-state index < -0.39 is 6.04 Å². The number of rotatable bonds is 9. The van der Waals surface area contributed by atoms with Crippen LogP contribution in [0.2, 0.25) is 0 Å². The van der Waals surface area contributed by atoms with Gasteiger partial charge in [-0.2, -0.15) is 0 Å². The van der Waals surface area contributed by atoms with Gasteiger partial charge < -0.3 is 19.7 Å². The summed E-state index contributed by atoms with van der Waals surface area (Å²) in [6.07, 6.45) is 0. The van der Waals surface area contributed by atoms with Crippen LogP contribution in [-0.4, -0.2) is 43.6 Å². The molecule has 28 heavy (non-hydrogen) atoms. The molecule has 2 rings (SSSR count). The Morgan fingerprint density at radius 3 is 2.21 bits per heavy atom. The highest BCUT2D eigenvalue weighted by molar-refractivity contribution is 5.87. The first-order valence-corrected chi connectivity index (χ1v) is 9.21. The maximum atomic E-state index is 12.9. The predicted octanol–water partition coefficient (Wildman–Crippen LogP) is 2.94. The molecule has 0 heterocycles. The highest BCUT2D eigenvalue weighted by Crippen LogP contribution is 2.25. The molecule has 0 saturated carbocycles. The minimum absolute atomic E-state index is 0.112. The van der Waals surface area contributed by atoms with Crippen LogP contribution in [0.4, 0.5) is 0 Å². The van der Waals surface area contributed by atoms with Gasteiger partial charge in [-0.1, -0.05) is 42.5 Å². The molecule has 2 amide bonds. The molecule has 2 aromatic carbocycles. The molecule has 2 aromatic rings. The van der Waals surface area contributed by atoms with E-state index in [9.17, 15) is 9.59 Å². The fraction of sp³-hybridized carbons (Fsp3) is 0.364. The molecule has 150 valence electrons. The second-order valence-electron chi connectivity index (χ2n) is 6.55. The zero-order valence-corrected chi connectivity index (χ0v) is 16.8. The average Bonchev–Trinajstić information content (AvgIpc) is 2.72. The van der Waals surface area contributed by atoms with Crippen molar-refractivity contribution in [3.63, 3.8) is 0 Å². The first kappa shape index (κ1) is 21.4. The van der Waals surface area contributed by atoms with Crippen LogP contribution in [0.3, 0.4) is 0 Å². The van der Waals surface area contributed by atoms with Crippen LogP contribution >= 0.6 is 0 Å². The van der Waals surface area contributed by atoms with E-state index in [0.29, 0.717) is 6.54 Å². The van der Waals surface area contributed by atoms with Crippen molar-refractivity contribution in [2.75, 3.05) is 20.8 Å². The molecule has 0 aliphatic heterocycles. The number of benzene rings is 2. The molecule has 0 spiro atoms. The summed E-state index contributed by atoms with van der Waals surface area (Å²) in [6, 6.07) is 16.1. The fourth-order valence-corrected chi connectivity index (χ4v) is 3.15. The Hall–Kier alpha value is -2.86. The third kappa shape index (κ3) is 5.57. The fourth-order valence-electron chi connectivity index (χ4n) is 3.15. The lowest BCUT2D eigenvalue weighted by Crippen LogP contribution is -2.52. The number of nitrogens with one attached hydrogen (secondary N) is 1. The maximum Gasteiger partial charge on any atom is 0.245 e. The number of ether oxygens (including phenoxy) is 2. The van der Waals surface area contributed by atoms with Gasteiger partial charge in [0.25, 0.3) is 0 Å². The van der Waals surface area contributed by atoms with Crippen molar-refractivity contribution in [1.29, 1.82) is 0 Å². The Kier molecular flexibility index (Phi) is 8.02. The van der Waals surface area contributed by atoms with Gasteiger partial charge in [-0.25, -0.2) is 0 Å². The third-order valence-corrected chi connectivity index (χ3v) is 4.65. The first-order chi connectivity index (χ1) is 13.5. The molecule has 2 atom stereocenters. The summed E-state index contributed by atoms with van der Waals surface area (Å²) in [4.78, 5) is 26.9. The van der Waals surface area contributed by atoms with Crippen LogP contribution < -0.4 is 10.1 Å². The normalized spacial score (nSPS) is 12.7. The number of nitrogens with zero attached hydrogens (tertiary/aromatic N) is 1. The van der Waals surface area contributed by atoms with Crippen molar-refractivity contribution in [2.45, 2.75) is 32.5 Å². The largest absolute Gasteiger partial charge is 0.497 e. The number of hydrogen-bond acceptors (Lipinski definition) is 4. The summed E-state index contributed by atoms with van der Waals surface area (Å²) in [6.45, 7) is 3.87. The van der Waals surface area contributed by atoms with Crippen LogP contribution in [0.1, 0.15) is 31.0 Å². The van der Waals surface area contributed by atoms with E-state index >= 15 is 0 Å². The highest BCUT2D eigenvalue weighted by Gasteiger charge is 2.32. The molecule has 1 N–H and O–H groups in total. The lowest BCUT2D eigenvalue weighted by Gasteiger charge is -2.35. The number of carbonyl (C=O) groups excluding carboxylic acids is 2. The minimum Gasteiger partial charge on any atom is -0.497 e. The van der Waals surface area contributed by atoms with Crippen LogP contribution in [0, 0.1) is 0 Å². The molecule has 0 aliphatic carbocycles. The first-order valence-electron chi connectivity index (χ1n) is 9.21. The minimum atomic E-state index is -0.733. The summed E-state index contributed by atoms with van der Waals surface area (Å²) in [7, 11) is 3.12. The molecule has 0 fully saturated rings. The van der Waals surface area contributed by atoms with E-state index in [1.165, 1.54) is 14.0 Å².